The molecule has 0 aliphatic rings. The Kier molecular flexibility index (Phi) is 5.48. The number of hydrogen-bond acceptors (Lipinski definition) is 3. The number of pyridine rings is 1. The highest BCUT2D eigenvalue weighted by Crippen LogP contribution is 2.15. The Morgan fingerprint density at radius 3 is 2.92 bits per heavy atom. The highest BCUT2D eigenvalue weighted by Gasteiger charge is 2.03. The Hall–Kier alpha value is -2.34. The molecule has 0 saturated heterocycles. The quantitative estimate of drug-likeness (QED) is 0.535. The van der Waals surface area contributed by atoms with E-state index in [9.17, 15) is 0 Å². The summed E-state index contributed by atoms with van der Waals surface area (Å²) in [6.45, 7) is 6.57. The molecule has 0 aliphatic heterocycles. The van der Waals surface area contributed by atoms with Crippen LogP contribution < -0.4 is 10.6 Å². The molecule has 0 bridgehead atoms. The molecule has 5 nitrogen and oxygen atoms in total. The molecule has 0 unspecified atom stereocenters. The number of aromatic nitrogens is 2. The normalized spacial score (nSPS) is 11.8. The van der Waals surface area contributed by atoms with Crippen LogP contribution in [0.2, 0.25) is 0 Å². The zero-order valence-electron chi connectivity index (χ0n) is 14.1. The first kappa shape index (κ1) is 16.5. The van der Waals surface area contributed by atoms with E-state index in [2.05, 4.69) is 52.8 Å². The molecular formula is C18H23N5S. The van der Waals surface area contributed by atoms with Gasteiger partial charge >= 0.3 is 0 Å². The molecule has 3 aromatic heterocycles. The van der Waals surface area contributed by atoms with E-state index < -0.39 is 0 Å². The molecule has 24 heavy (non-hydrogen) atoms. The Morgan fingerprint density at radius 1 is 1.25 bits per heavy atom. The van der Waals surface area contributed by atoms with Crippen LogP contribution in [0.15, 0.2) is 47.7 Å². The first-order chi connectivity index (χ1) is 11.7. The summed E-state index contributed by atoms with van der Waals surface area (Å²) >= 11 is 1.80. The van der Waals surface area contributed by atoms with Gasteiger partial charge in [-0.25, -0.2) is 9.98 Å². The molecule has 3 rings (SSSR count). The number of thiophene rings is 1. The second-order valence-electron chi connectivity index (χ2n) is 5.58. The number of guanidine groups is 1. The molecule has 2 N–H and O–H groups in total. The van der Waals surface area contributed by atoms with E-state index in [0.29, 0.717) is 6.54 Å². The molecule has 0 amide bonds. The molecule has 3 aromatic rings. The van der Waals surface area contributed by atoms with Crippen LogP contribution in [0.4, 0.5) is 0 Å². The van der Waals surface area contributed by atoms with Crippen molar-refractivity contribution in [3.63, 3.8) is 0 Å². The number of fused-ring (bicyclic) bond motifs is 1. The van der Waals surface area contributed by atoms with Crippen LogP contribution in [0.1, 0.15) is 22.4 Å². The summed E-state index contributed by atoms with van der Waals surface area (Å²) in [6, 6.07) is 10.3. The van der Waals surface area contributed by atoms with Gasteiger partial charge in [0.2, 0.25) is 0 Å². The van der Waals surface area contributed by atoms with Gasteiger partial charge in [0, 0.05) is 41.7 Å². The van der Waals surface area contributed by atoms with E-state index in [-0.39, 0.29) is 0 Å². The van der Waals surface area contributed by atoms with Crippen LogP contribution >= 0.6 is 11.3 Å². The Balaban J connectivity index is 1.55. The smallest absolute Gasteiger partial charge is 0.191 e. The van der Waals surface area contributed by atoms with Crippen LogP contribution in [-0.4, -0.2) is 28.4 Å². The lowest BCUT2D eigenvalue weighted by atomic mass is 10.3. The fraction of sp³-hybridized carbons (Fsp3) is 0.333. The van der Waals surface area contributed by atoms with Crippen molar-refractivity contribution in [2.24, 2.45) is 4.99 Å². The SMILES string of the molecule is CCNC(=NCc1ccc(C)s1)NCCc1cn2ccccc2n1. The Morgan fingerprint density at radius 2 is 2.17 bits per heavy atom. The second-order valence-corrected chi connectivity index (χ2v) is 6.96. The zero-order chi connectivity index (χ0) is 16.8. The van der Waals surface area contributed by atoms with E-state index >= 15 is 0 Å². The van der Waals surface area contributed by atoms with Crippen LogP contribution in [0.25, 0.3) is 5.65 Å². The number of imidazole rings is 1. The maximum absolute atomic E-state index is 4.65. The lowest BCUT2D eigenvalue weighted by molar-refractivity contribution is 0.792. The van der Waals surface area contributed by atoms with Crippen molar-refractivity contribution in [2.75, 3.05) is 13.1 Å². The summed E-state index contributed by atoms with van der Waals surface area (Å²) in [7, 11) is 0. The largest absolute Gasteiger partial charge is 0.357 e. The lowest BCUT2D eigenvalue weighted by Gasteiger charge is -2.10. The third kappa shape index (κ3) is 4.35. The maximum Gasteiger partial charge on any atom is 0.191 e. The van der Waals surface area contributed by atoms with Gasteiger partial charge in [-0.15, -0.1) is 11.3 Å². The highest BCUT2D eigenvalue weighted by atomic mass is 32.1. The van der Waals surface area contributed by atoms with Crippen LogP contribution in [0.5, 0.6) is 0 Å². The molecule has 0 radical (unpaired) electrons. The van der Waals surface area contributed by atoms with Crippen molar-refractivity contribution in [1.29, 1.82) is 0 Å². The molecule has 0 fully saturated rings. The van der Waals surface area contributed by atoms with Gasteiger partial charge in [-0.2, -0.15) is 0 Å². The van der Waals surface area contributed by atoms with Crippen molar-refractivity contribution in [2.45, 2.75) is 26.8 Å². The summed E-state index contributed by atoms with van der Waals surface area (Å²) < 4.78 is 2.05. The minimum absolute atomic E-state index is 0.711. The van der Waals surface area contributed by atoms with Crippen LogP contribution in [0.3, 0.4) is 0 Å². The molecule has 6 heteroatoms. The number of rotatable bonds is 6. The van der Waals surface area contributed by atoms with E-state index in [0.717, 1.165) is 36.8 Å². The summed E-state index contributed by atoms with van der Waals surface area (Å²) in [5.74, 6) is 0.854. The molecule has 0 spiro atoms. The fourth-order valence-electron chi connectivity index (χ4n) is 2.49. The van der Waals surface area contributed by atoms with Gasteiger partial charge in [-0.1, -0.05) is 6.07 Å². The van der Waals surface area contributed by atoms with Crippen LogP contribution in [-0.2, 0) is 13.0 Å². The van der Waals surface area contributed by atoms with Gasteiger partial charge in [0.1, 0.15) is 5.65 Å². The van der Waals surface area contributed by atoms with Crippen LogP contribution in [0, 0.1) is 6.92 Å². The van der Waals surface area contributed by atoms with E-state index in [1.807, 2.05) is 28.8 Å². The number of aryl methyl sites for hydroxylation is 1. The highest BCUT2D eigenvalue weighted by molar-refractivity contribution is 7.11. The van der Waals surface area contributed by atoms with Crippen molar-refractivity contribution in [3.8, 4) is 0 Å². The van der Waals surface area contributed by atoms with Crippen molar-refractivity contribution in [1.82, 2.24) is 20.0 Å². The van der Waals surface area contributed by atoms with E-state index in [1.54, 1.807) is 11.3 Å². The topological polar surface area (TPSA) is 53.7 Å². The minimum Gasteiger partial charge on any atom is -0.357 e. The maximum atomic E-state index is 4.65. The van der Waals surface area contributed by atoms with Gasteiger partial charge in [-0.3, -0.25) is 0 Å². The summed E-state index contributed by atoms with van der Waals surface area (Å²) in [5.41, 5.74) is 2.07. The van der Waals surface area contributed by atoms with Gasteiger partial charge in [-0.05, 0) is 38.1 Å². The fourth-order valence-corrected chi connectivity index (χ4v) is 3.30. The average molecular weight is 341 g/mol. The molecule has 0 aliphatic carbocycles. The predicted octanol–water partition coefficient (Wildman–Crippen LogP) is 3.00. The first-order valence-electron chi connectivity index (χ1n) is 8.24. The minimum atomic E-state index is 0.711. The van der Waals surface area contributed by atoms with E-state index in [4.69, 9.17) is 0 Å². The molecule has 3 heterocycles. The monoisotopic (exact) mass is 341 g/mol. The first-order valence-corrected chi connectivity index (χ1v) is 9.06. The van der Waals surface area contributed by atoms with Crippen molar-refractivity contribution >= 4 is 22.9 Å². The van der Waals surface area contributed by atoms with Crippen molar-refractivity contribution in [3.05, 3.63) is 58.2 Å². The molecule has 0 saturated carbocycles. The summed E-state index contributed by atoms with van der Waals surface area (Å²) in [4.78, 5) is 11.9. The average Bonchev–Trinajstić information content (AvgIpc) is 3.18. The number of aliphatic imine (C=N–C) groups is 1. The van der Waals surface area contributed by atoms with Gasteiger partial charge in [0.05, 0.1) is 12.2 Å². The lowest BCUT2D eigenvalue weighted by Crippen LogP contribution is -2.38. The molecular weight excluding hydrogens is 318 g/mol. The van der Waals surface area contributed by atoms with Gasteiger partial charge in [0.15, 0.2) is 5.96 Å². The standard InChI is InChI=1S/C18H23N5S/c1-3-19-18(21-12-16-8-7-14(2)24-16)20-10-9-15-13-23-11-5-4-6-17(23)22-15/h4-8,11,13H,3,9-10,12H2,1-2H3,(H2,19,20,21). The third-order valence-corrected chi connectivity index (χ3v) is 4.61. The van der Waals surface area contributed by atoms with Gasteiger partial charge in [0.25, 0.3) is 0 Å². The number of nitrogens with one attached hydrogen (secondary N) is 2. The van der Waals surface area contributed by atoms with Gasteiger partial charge < -0.3 is 15.0 Å². The van der Waals surface area contributed by atoms with E-state index in [1.165, 1.54) is 9.75 Å². The van der Waals surface area contributed by atoms with Crippen molar-refractivity contribution < 1.29 is 0 Å². The summed E-state index contributed by atoms with van der Waals surface area (Å²) in [6.07, 6.45) is 4.97. The number of nitrogens with zero attached hydrogens (tertiary/aromatic N) is 3. The summed E-state index contributed by atoms with van der Waals surface area (Å²) in [5, 5.41) is 6.68. The Labute approximate surface area is 146 Å². The third-order valence-electron chi connectivity index (χ3n) is 3.62. The second kappa shape index (κ2) is 7.97. The molecule has 126 valence electrons. The number of hydrogen-bond donors (Lipinski definition) is 2. The molecule has 0 atom stereocenters. The molecule has 0 aromatic carbocycles. The Bertz CT molecular complexity index is 785. The zero-order valence-corrected chi connectivity index (χ0v) is 14.9. The predicted molar refractivity (Wildman–Crippen MR) is 101 cm³/mol.